The van der Waals surface area contributed by atoms with E-state index in [1.807, 2.05) is 18.2 Å². The van der Waals surface area contributed by atoms with Crippen molar-refractivity contribution in [3.63, 3.8) is 0 Å². The fraction of sp³-hybridized carbons (Fsp3) is 0.400. The van der Waals surface area contributed by atoms with Crippen LogP contribution in [-0.4, -0.2) is 53.0 Å². The number of amides is 1. The Balaban J connectivity index is 1.40. The number of aromatic nitrogens is 3. The Hall–Kier alpha value is -2.65. The van der Waals surface area contributed by atoms with Crippen LogP contribution in [0.4, 0.5) is 0 Å². The first kappa shape index (κ1) is 19.7. The molecule has 0 unspecified atom stereocenters. The van der Waals surface area contributed by atoms with Crippen LogP contribution in [0, 0.1) is 0 Å². The highest BCUT2D eigenvalue weighted by Gasteiger charge is 2.28. The lowest BCUT2D eigenvalue weighted by Crippen LogP contribution is -2.35. The Morgan fingerprint density at radius 1 is 1.21 bits per heavy atom. The van der Waals surface area contributed by atoms with Crippen molar-refractivity contribution in [1.82, 2.24) is 24.4 Å². The summed E-state index contributed by atoms with van der Waals surface area (Å²) in [4.78, 5) is 12.8. The van der Waals surface area contributed by atoms with Gasteiger partial charge in [0.25, 0.3) is 5.91 Å². The highest BCUT2D eigenvalue weighted by atomic mass is 32.2. The zero-order valence-electron chi connectivity index (χ0n) is 16.4. The summed E-state index contributed by atoms with van der Waals surface area (Å²) in [6.45, 7) is 1.54. The molecule has 1 aromatic carbocycles. The number of hydrogen-bond donors (Lipinski definition) is 2. The minimum absolute atomic E-state index is 0.178. The van der Waals surface area contributed by atoms with Gasteiger partial charge < -0.3 is 9.88 Å². The molecule has 0 aliphatic carbocycles. The van der Waals surface area contributed by atoms with Crippen LogP contribution in [0.1, 0.15) is 35.3 Å². The molecule has 4 rings (SSSR count). The van der Waals surface area contributed by atoms with Crippen molar-refractivity contribution in [3.8, 4) is 0 Å². The quantitative estimate of drug-likeness (QED) is 0.643. The smallest absolute Gasteiger partial charge is 0.267 e. The van der Waals surface area contributed by atoms with E-state index < -0.39 is 10.0 Å². The Bertz CT molecular complexity index is 1130. The molecule has 3 heterocycles. The maximum absolute atomic E-state index is 12.8. The van der Waals surface area contributed by atoms with Gasteiger partial charge >= 0.3 is 0 Å². The number of aryl methyl sites for hydroxylation is 1. The molecule has 1 aliphatic heterocycles. The molecule has 1 aliphatic rings. The van der Waals surface area contributed by atoms with Gasteiger partial charge in [-0.15, -0.1) is 0 Å². The zero-order valence-corrected chi connectivity index (χ0v) is 17.2. The van der Waals surface area contributed by atoms with Crippen LogP contribution >= 0.6 is 0 Å². The maximum Gasteiger partial charge on any atom is 0.267 e. The number of aromatic amines is 1. The predicted octanol–water partition coefficient (Wildman–Crippen LogP) is 2.05. The van der Waals surface area contributed by atoms with E-state index in [1.54, 1.807) is 17.8 Å². The molecule has 29 heavy (non-hydrogen) atoms. The van der Waals surface area contributed by atoms with Crippen LogP contribution in [-0.2, 0) is 23.5 Å². The lowest BCUT2D eigenvalue weighted by Gasteiger charge is -2.25. The van der Waals surface area contributed by atoms with Gasteiger partial charge in [0.2, 0.25) is 10.0 Å². The second-order valence-corrected chi connectivity index (χ2v) is 9.37. The van der Waals surface area contributed by atoms with Crippen LogP contribution in [0.2, 0.25) is 0 Å². The number of fused-ring (bicyclic) bond motifs is 1. The fourth-order valence-corrected chi connectivity index (χ4v) is 5.30. The van der Waals surface area contributed by atoms with Gasteiger partial charge in [0, 0.05) is 38.3 Å². The number of nitrogens with zero attached hydrogens (tertiary/aromatic N) is 3. The lowest BCUT2D eigenvalue weighted by molar-refractivity contribution is 0.0946. The molecular formula is C20H25N5O3S. The van der Waals surface area contributed by atoms with E-state index >= 15 is 0 Å². The summed E-state index contributed by atoms with van der Waals surface area (Å²) >= 11 is 0. The van der Waals surface area contributed by atoms with Crippen LogP contribution in [0.5, 0.6) is 0 Å². The first-order chi connectivity index (χ1) is 13.9. The molecule has 0 atom stereocenters. The summed E-state index contributed by atoms with van der Waals surface area (Å²) in [6, 6.07) is 7.47. The first-order valence-corrected chi connectivity index (χ1v) is 11.3. The number of carbonyl (C=O) groups is 1. The standard InChI is InChI=1S/C20H25N5O3S/c1-24-14-17(29(27,28)25-9-3-2-4-10-25)12-19(24)20(26)21-8-7-15-5-6-18-16(11-15)13-22-23-18/h5-6,11-14H,2-4,7-10H2,1H3,(H,21,26)(H,22,23). The summed E-state index contributed by atoms with van der Waals surface area (Å²) in [5.41, 5.74) is 2.41. The third kappa shape index (κ3) is 4.06. The molecule has 0 radical (unpaired) electrons. The monoisotopic (exact) mass is 415 g/mol. The van der Waals surface area contributed by atoms with E-state index in [2.05, 4.69) is 15.5 Å². The van der Waals surface area contributed by atoms with Gasteiger partial charge in [-0.3, -0.25) is 9.89 Å². The Labute approximate surface area is 169 Å². The number of hydrogen-bond acceptors (Lipinski definition) is 4. The van der Waals surface area contributed by atoms with E-state index in [1.165, 1.54) is 16.6 Å². The van der Waals surface area contributed by atoms with Gasteiger partial charge in [0.1, 0.15) is 10.6 Å². The molecule has 1 saturated heterocycles. The molecule has 2 N–H and O–H groups in total. The maximum atomic E-state index is 12.8. The topological polar surface area (TPSA) is 100 Å². The van der Waals surface area contributed by atoms with E-state index in [-0.39, 0.29) is 10.8 Å². The van der Waals surface area contributed by atoms with Gasteiger partial charge in [0.15, 0.2) is 0 Å². The first-order valence-electron chi connectivity index (χ1n) is 9.82. The predicted molar refractivity (Wildman–Crippen MR) is 110 cm³/mol. The highest BCUT2D eigenvalue weighted by molar-refractivity contribution is 7.89. The fourth-order valence-electron chi connectivity index (χ4n) is 3.71. The number of rotatable bonds is 6. The molecular weight excluding hydrogens is 390 g/mol. The number of nitrogens with one attached hydrogen (secondary N) is 2. The lowest BCUT2D eigenvalue weighted by atomic mass is 10.1. The van der Waals surface area contributed by atoms with Crippen molar-refractivity contribution in [3.05, 3.63) is 47.9 Å². The minimum Gasteiger partial charge on any atom is -0.350 e. The third-order valence-electron chi connectivity index (χ3n) is 5.37. The number of piperidine rings is 1. The molecule has 8 nitrogen and oxygen atoms in total. The Morgan fingerprint density at radius 3 is 2.79 bits per heavy atom. The van der Waals surface area contributed by atoms with E-state index in [0.29, 0.717) is 31.7 Å². The van der Waals surface area contributed by atoms with Crippen molar-refractivity contribution >= 4 is 26.8 Å². The SMILES string of the molecule is Cn1cc(S(=O)(=O)N2CCCCC2)cc1C(=O)NCCc1ccc2[nH]ncc2c1. The molecule has 0 bridgehead atoms. The summed E-state index contributed by atoms with van der Waals surface area (Å²) in [5, 5.41) is 10.8. The molecule has 1 amide bonds. The van der Waals surface area contributed by atoms with E-state index in [0.717, 1.165) is 35.7 Å². The van der Waals surface area contributed by atoms with E-state index in [4.69, 9.17) is 0 Å². The second kappa shape index (κ2) is 8.00. The van der Waals surface area contributed by atoms with Crippen LogP contribution in [0.3, 0.4) is 0 Å². The molecule has 0 spiro atoms. The Kier molecular flexibility index (Phi) is 5.42. The van der Waals surface area contributed by atoms with Gasteiger partial charge in [0.05, 0.1) is 11.7 Å². The zero-order chi connectivity index (χ0) is 20.4. The largest absolute Gasteiger partial charge is 0.350 e. The number of benzene rings is 1. The minimum atomic E-state index is -3.55. The number of H-pyrrole nitrogens is 1. The summed E-state index contributed by atoms with van der Waals surface area (Å²) in [6.07, 6.45) is 6.78. The third-order valence-corrected chi connectivity index (χ3v) is 7.23. The molecule has 0 saturated carbocycles. The van der Waals surface area contributed by atoms with Crippen molar-refractivity contribution in [2.24, 2.45) is 7.05 Å². The van der Waals surface area contributed by atoms with Gasteiger partial charge in [-0.1, -0.05) is 12.5 Å². The van der Waals surface area contributed by atoms with Crippen molar-refractivity contribution in [2.75, 3.05) is 19.6 Å². The Morgan fingerprint density at radius 2 is 2.00 bits per heavy atom. The molecule has 3 aromatic rings. The summed E-state index contributed by atoms with van der Waals surface area (Å²) < 4.78 is 28.8. The van der Waals surface area contributed by atoms with Crippen LogP contribution in [0.15, 0.2) is 41.6 Å². The normalized spacial score (nSPS) is 15.6. The van der Waals surface area contributed by atoms with Gasteiger partial charge in [-0.2, -0.15) is 9.40 Å². The average molecular weight is 416 g/mol. The van der Waals surface area contributed by atoms with Crippen molar-refractivity contribution in [1.29, 1.82) is 0 Å². The number of sulfonamides is 1. The average Bonchev–Trinajstić information content (AvgIpc) is 3.35. The van der Waals surface area contributed by atoms with Crippen molar-refractivity contribution in [2.45, 2.75) is 30.6 Å². The van der Waals surface area contributed by atoms with Crippen molar-refractivity contribution < 1.29 is 13.2 Å². The molecule has 1 fully saturated rings. The van der Waals surface area contributed by atoms with Gasteiger partial charge in [-0.25, -0.2) is 8.42 Å². The van der Waals surface area contributed by atoms with E-state index in [9.17, 15) is 13.2 Å². The number of carbonyl (C=O) groups excluding carboxylic acids is 1. The van der Waals surface area contributed by atoms with Crippen LogP contribution in [0.25, 0.3) is 10.9 Å². The van der Waals surface area contributed by atoms with Gasteiger partial charge in [-0.05, 0) is 43.0 Å². The molecule has 2 aromatic heterocycles. The highest BCUT2D eigenvalue weighted by Crippen LogP contribution is 2.22. The molecule has 154 valence electrons. The van der Waals surface area contributed by atoms with Crippen LogP contribution < -0.4 is 5.32 Å². The summed E-state index contributed by atoms with van der Waals surface area (Å²) in [5.74, 6) is -0.281. The summed E-state index contributed by atoms with van der Waals surface area (Å²) in [7, 11) is -1.86. The molecule has 9 heteroatoms. The second-order valence-electron chi connectivity index (χ2n) is 7.43.